The minimum atomic E-state index is -0.0171. The molecule has 1 unspecified atom stereocenters. The molecular formula is C12H15Cl2N. The van der Waals surface area contributed by atoms with Crippen LogP contribution in [0.5, 0.6) is 0 Å². The van der Waals surface area contributed by atoms with Crippen LogP contribution in [0.25, 0.3) is 0 Å². The van der Waals surface area contributed by atoms with E-state index in [1.54, 1.807) is 0 Å². The van der Waals surface area contributed by atoms with Crippen LogP contribution >= 0.6 is 23.2 Å². The van der Waals surface area contributed by atoms with Crippen molar-refractivity contribution < 1.29 is 0 Å². The number of benzene rings is 1. The van der Waals surface area contributed by atoms with Crippen molar-refractivity contribution in [2.24, 2.45) is 11.7 Å². The molecule has 1 aromatic rings. The van der Waals surface area contributed by atoms with E-state index < -0.39 is 0 Å². The fourth-order valence-corrected chi connectivity index (χ4v) is 2.75. The molecule has 1 aromatic carbocycles. The van der Waals surface area contributed by atoms with Gasteiger partial charge in [0.1, 0.15) is 0 Å². The molecule has 3 heteroatoms. The molecule has 1 nitrogen and oxygen atoms in total. The molecule has 1 aliphatic carbocycles. The van der Waals surface area contributed by atoms with Crippen LogP contribution in [0.2, 0.25) is 10.0 Å². The zero-order valence-corrected chi connectivity index (χ0v) is 10.1. The highest BCUT2D eigenvalue weighted by Crippen LogP contribution is 2.37. The first-order valence-corrected chi connectivity index (χ1v) is 6.13. The molecule has 0 bridgehead atoms. The predicted molar refractivity (Wildman–Crippen MR) is 65.3 cm³/mol. The zero-order valence-electron chi connectivity index (χ0n) is 8.55. The van der Waals surface area contributed by atoms with Gasteiger partial charge in [0.05, 0.1) is 0 Å². The maximum absolute atomic E-state index is 6.14. The van der Waals surface area contributed by atoms with E-state index in [0.29, 0.717) is 10.0 Å². The molecule has 0 radical (unpaired) electrons. The van der Waals surface area contributed by atoms with E-state index in [1.165, 1.54) is 19.3 Å². The van der Waals surface area contributed by atoms with Crippen molar-refractivity contribution >= 4 is 23.2 Å². The molecule has 0 aliphatic heterocycles. The van der Waals surface area contributed by atoms with Gasteiger partial charge in [-0.3, -0.25) is 0 Å². The van der Waals surface area contributed by atoms with E-state index in [9.17, 15) is 0 Å². The fraction of sp³-hybridized carbons (Fsp3) is 0.500. The van der Waals surface area contributed by atoms with Gasteiger partial charge in [0, 0.05) is 21.7 Å². The lowest BCUT2D eigenvalue weighted by molar-refractivity contribution is 0.277. The quantitative estimate of drug-likeness (QED) is 0.847. The third-order valence-electron chi connectivity index (χ3n) is 3.18. The average molecular weight is 244 g/mol. The summed E-state index contributed by atoms with van der Waals surface area (Å²) in [5.41, 5.74) is 7.05. The first kappa shape index (κ1) is 11.3. The van der Waals surface area contributed by atoms with Crippen molar-refractivity contribution in [2.45, 2.75) is 31.7 Å². The van der Waals surface area contributed by atoms with Crippen LogP contribution in [0.4, 0.5) is 0 Å². The molecule has 0 aromatic heterocycles. The summed E-state index contributed by atoms with van der Waals surface area (Å²) in [4.78, 5) is 0. The monoisotopic (exact) mass is 243 g/mol. The highest BCUT2D eigenvalue weighted by atomic mass is 35.5. The average Bonchev–Trinajstić information content (AvgIpc) is 2.11. The molecule has 1 aliphatic rings. The summed E-state index contributed by atoms with van der Waals surface area (Å²) in [5, 5.41) is 1.38. The lowest BCUT2D eigenvalue weighted by Crippen LogP contribution is -2.20. The molecule has 0 saturated heterocycles. The summed E-state index contributed by atoms with van der Waals surface area (Å²) in [7, 11) is 0. The highest BCUT2D eigenvalue weighted by molar-refractivity contribution is 6.36. The Kier molecular flexibility index (Phi) is 3.55. The molecule has 0 spiro atoms. The Labute approximate surface area is 101 Å². The molecule has 1 atom stereocenters. The Balaban J connectivity index is 2.12. The van der Waals surface area contributed by atoms with Crippen LogP contribution in [0.1, 0.15) is 37.3 Å². The van der Waals surface area contributed by atoms with E-state index in [2.05, 4.69) is 0 Å². The van der Waals surface area contributed by atoms with Crippen LogP contribution in [0.15, 0.2) is 18.2 Å². The van der Waals surface area contributed by atoms with Gasteiger partial charge in [-0.2, -0.15) is 0 Å². The number of hydrogen-bond acceptors (Lipinski definition) is 1. The van der Waals surface area contributed by atoms with Gasteiger partial charge in [0.2, 0.25) is 0 Å². The maximum Gasteiger partial charge on any atom is 0.0468 e. The second-order valence-electron chi connectivity index (χ2n) is 4.27. The summed E-state index contributed by atoms with van der Waals surface area (Å²) >= 11 is 12.2. The van der Waals surface area contributed by atoms with Crippen LogP contribution in [0, 0.1) is 5.92 Å². The summed E-state index contributed by atoms with van der Waals surface area (Å²) in [6.07, 6.45) is 4.95. The van der Waals surface area contributed by atoms with E-state index >= 15 is 0 Å². The first-order valence-electron chi connectivity index (χ1n) is 5.38. The Morgan fingerprint density at radius 2 is 1.87 bits per heavy atom. The molecule has 2 N–H and O–H groups in total. The van der Waals surface area contributed by atoms with Gasteiger partial charge in [-0.05, 0) is 24.5 Å². The van der Waals surface area contributed by atoms with Gasteiger partial charge in [-0.1, -0.05) is 48.5 Å². The minimum Gasteiger partial charge on any atom is -0.324 e. The molecule has 15 heavy (non-hydrogen) atoms. The van der Waals surface area contributed by atoms with Crippen molar-refractivity contribution in [3.63, 3.8) is 0 Å². The van der Waals surface area contributed by atoms with E-state index in [-0.39, 0.29) is 6.04 Å². The Hall–Kier alpha value is -0.240. The SMILES string of the molecule is NC(CC1CCC1)c1c(Cl)cccc1Cl. The molecule has 1 fully saturated rings. The molecule has 82 valence electrons. The molecule has 0 heterocycles. The normalized spacial score (nSPS) is 18.6. The minimum absolute atomic E-state index is 0.0171. The Morgan fingerprint density at radius 3 is 2.33 bits per heavy atom. The van der Waals surface area contributed by atoms with Gasteiger partial charge in [-0.15, -0.1) is 0 Å². The predicted octanol–water partition coefficient (Wildman–Crippen LogP) is 4.18. The van der Waals surface area contributed by atoms with Gasteiger partial charge in [-0.25, -0.2) is 0 Å². The van der Waals surface area contributed by atoms with E-state index in [0.717, 1.165) is 17.9 Å². The molecule has 2 rings (SSSR count). The highest BCUT2D eigenvalue weighted by Gasteiger charge is 2.23. The van der Waals surface area contributed by atoms with Crippen molar-refractivity contribution in [3.05, 3.63) is 33.8 Å². The number of halogens is 2. The zero-order chi connectivity index (χ0) is 10.8. The smallest absolute Gasteiger partial charge is 0.0468 e. The number of hydrogen-bond donors (Lipinski definition) is 1. The third kappa shape index (κ3) is 2.47. The molecule has 0 amide bonds. The fourth-order valence-electron chi connectivity index (χ4n) is 2.07. The summed E-state index contributed by atoms with van der Waals surface area (Å²) in [6.45, 7) is 0. The second-order valence-corrected chi connectivity index (χ2v) is 5.09. The van der Waals surface area contributed by atoms with Gasteiger partial charge >= 0.3 is 0 Å². The number of rotatable bonds is 3. The van der Waals surface area contributed by atoms with E-state index in [4.69, 9.17) is 28.9 Å². The standard InChI is InChI=1S/C12H15Cl2N/c13-9-5-2-6-10(14)12(9)11(15)7-8-3-1-4-8/h2,5-6,8,11H,1,3-4,7,15H2. The topological polar surface area (TPSA) is 26.0 Å². The van der Waals surface area contributed by atoms with Crippen LogP contribution in [0.3, 0.4) is 0 Å². The summed E-state index contributed by atoms with van der Waals surface area (Å²) in [6, 6.07) is 5.54. The van der Waals surface area contributed by atoms with Crippen LogP contribution < -0.4 is 5.73 Å². The van der Waals surface area contributed by atoms with Gasteiger partial charge in [0.25, 0.3) is 0 Å². The third-order valence-corrected chi connectivity index (χ3v) is 3.84. The van der Waals surface area contributed by atoms with Crippen molar-refractivity contribution in [1.82, 2.24) is 0 Å². The lowest BCUT2D eigenvalue weighted by atomic mass is 9.80. The van der Waals surface area contributed by atoms with Crippen LogP contribution in [-0.2, 0) is 0 Å². The second kappa shape index (κ2) is 4.73. The largest absolute Gasteiger partial charge is 0.324 e. The Bertz CT molecular complexity index is 327. The van der Waals surface area contributed by atoms with Crippen molar-refractivity contribution in [1.29, 1.82) is 0 Å². The lowest BCUT2D eigenvalue weighted by Gasteiger charge is -2.28. The summed E-state index contributed by atoms with van der Waals surface area (Å²) < 4.78 is 0. The first-order chi connectivity index (χ1) is 7.18. The van der Waals surface area contributed by atoms with E-state index in [1.807, 2.05) is 18.2 Å². The summed E-state index contributed by atoms with van der Waals surface area (Å²) in [5.74, 6) is 0.771. The van der Waals surface area contributed by atoms with Crippen molar-refractivity contribution in [2.75, 3.05) is 0 Å². The van der Waals surface area contributed by atoms with Gasteiger partial charge < -0.3 is 5.73 Å². The number of nitrogens with two attached hydrogens (primary N) is 1. The van der Waals surface area contributed by atoms with Gasteiger partial charge in [0.15, 0.2) is 0 Å². The molecule has 1 saturated carbocycles. The van der Waals surface area contributed by atoms with Crippen LogP contribution in [-0.4, -0.2) is 0 Å². The Morgan fingerprint density at radius 1 is 1.27 bits per heavy atom. The maximum atomic E-state index is 6.14. The molecular weight excluding hydrogens is 229 g/mol. The van der Waals surface area contributed by atoms with Crippen molar-refractivity contribution in [3.8, 4) is 0 Å².